The normalized spacial score (nSPS) is 22.5. The number of carbonyl (C=O) groups is 1. The Morgan fingerprint density at radius 1 is 1.30 bits per heavy atom. The van der Waals surface area contributed by atoms with Crippen LogP contribution in [0.5, 0.6) is 11.5 Å². The van der Waals surface area contributed by atoms with Crippen LogP contribution in [0.2, 0.25) is 5.02 Å². The van der Waals surface area contributed by atoms with E-state index in [2.05, 4.69) is 10.2 Å². The third-order valence-corrected chi connectivity index (χ3v) is 5.28. The van der Waals surface area contributed by atoms with E-state index in [0.717, 1.165) is 32.4 Å². The number of hydrogen-bond donors (Lipinski definition) is 3. The van der Waals surface area contributed by atoms with E-state index in [9.17, 15) is 9.90 Å². The number of benzene rings is 1. The number of piperidine rings is 1. The predicted octanol–water partition coefficient (Wildman–Crippen LogP) is 1.30. The molecule has 0 aliphatic carbocycles. The molecule has 0 radical (unpaired) electrons. The zero-order chi connectivity index (χ0) is 19.2. The van der Waals surface area contributed by atoms with Crippen LogP contribution in [0.15, 0.2) is 12.1 Å². The van der Waals surface area contributed by atoms with Crippen LogP contribution < -0.4 is 14.8 Å². The smallest absolute Gasteiger partial charge is 0.255 e. The third-order valence-electron chi connectivity index (χ3n) is 5.06. The highest BCUT2D eigenvalue weighted by Crippen LogP contribution is 2.36. The SMILES string of the molecule is O=C(NC[C@@H]1CCN(CCCCO)CC1O)c1cc(Cl)cc2c1OCCO2. The van der Waals surface area contributed by atoms with Gasteiger partial charge in [-0.2, -0.15) is 0 Å². The second kappa shape index (κ2) is 9.59. The molecule has 1 saturated heterocycles. The van der Waals surface area contributed by atoms with Gasteiger partial charge in [-0.1, -0.05) is 11.6 Å². The fraction of sp³-hybridized carbons (Fsp3) is 0.632. The molecule has 150 valence electrons. The molecule has 0 saturated carbocycles. The van der Waals surface area contributed by atoms with Gasteiger partial charge in [0.25, 0.3) is 5.91 Å². The Morgan fingerprint density at radius 2 is 2.11 bits per heavy atom. The molecule has 1 aromatic carbocycles. The summed E-state index contributed by atoms with van der Waals surface area (Å²) in [5, 5.41) is 22.6. The lowest BCUT2D eigenvalue weighted by Crippen LogP contribution is -2.47. The van der Waals surface area contributed by atoms with Crippen LogP contribution in [0.1, 0.15) is 29.6 Å². The highest BCUT2D eigenvalue weighted by molar-refractivity contribution is 6.31. The van der Waals surface area contributed by atoms with E-state index in [-0.39, 0.29) is 18.4 Å². The highest BCUT2D eigenvalue weighted by atomic mass is 35.5. The number of halogens is 1. The minimum absolute atomic E-state index is 0.00946. The fourth-order valence-corrected chi connectivity index (χ4v) is 3.75. The van der Waals surface area contributed by atoms with Crippen LogP contribution in [0, 0.1) is 5.92 Å². The quantitative estimate of drug-likeness (QED) is 0.600. The van der Waals surface area contributed by atoms with Gasteiger partial charge in [-0.05, 0) is 38.4 Å². The summed E-state index contributed by atoms with van der Waals surface area (Å²) in [6.45, 7) is 3.77. The van der Waals surface area contributed by atoms with Crippen molar-refractivity contribution < 1.29 is 24.5 Å². The van der Waals surface area contributed by atoms with E-state index in [1.54, 1.807) is 12.1 Å². The first-order chi connectivity index (χ1) is 13.1. The number of rotatable bonds is 7. The fourth-order valence-electron chi connectivity index (χ4n) is 3.54. The van der Waals surface area contributed by atoms with Gasteiger partial charge in [0, 0.05) is 36.7 Å². The molecule has 27 heavy (non-hydrogen) atoms. The summed E-state index contributed by atoms with van der Waals surface area (Å²) in [6, 6.07) is 3.22. The standard InChI is InChI=1S/C19H27ClN2O5/c20-14-9-15(18-17(10-14)26-7-8-27-18)19(25)21-11-13-3-5-22(12-16(13)24)4-1-2-6-23/h9-10,13,16,23-24H,1-8,11-12H2,(H,21,25)/t13-,16?/m0/s1. The van der Waals surface area contributed by atoms with Gasteiger partial charge >= 0.3 is 0 Å². The average molecular weight is 399 g/mol. The van der Waals surface area contributed by atoms with Crippen molar-refractivity contribution in [2.75, 3.05) is 46.0 Å². The number of nitrogens with one attached hydrogen (secondary N) is 1. The molecule has 1 unspecified atom stereocenters. The number of aliphatic hydroxyl groups excluding tert-OH is 2. The zero-order valence-electron chi connectivity index (χ0n) is 15.3. The Hall–Kier alpha value is -1.54. The van der Waals surface area contributed by atoms with Crippen molar-refractivity contribution >= 4 is 17.5 Å². The molecule has 2 atom stereocenters. The average Bonchev–Trinajstić information content (AvgIpc) is 2.66. The van der Waals surface area contributed by atoms with Crippen molar-refractivity contribution in [1.29, 1.82) is 0 Å². The Balaban J connectivity index is 1.53. The maximum absolute atomic E-state index is 12.6. The molecule has 7 nitrogen and oxygen atoms in total. The molecule has 1 amide bonds. The van der Waals surface area contributed by atoms with Gasteiger partial charge in [-0.3, -0.25) is 4.79 Å². The molecule has 0 aromatic heterocycles. The number of aliphatic hydroxyl groups is 2. The minimum atomic E-state index is -0.485. The van der Waals surface area contributed by atoms with Gasteiger partial charge in [0.2, 0.25) is 0 Å². The maximum Gasteiger partial charge on any atom is 0.255 e. The number of carbonyl (C=O) groups excluding carboxylic acids is 1. The first kappa shape index (κ1) is 20.2. The summed E-state index contributed by atoms with van der Waals surface area (Å²) >= 11 is 6.09. The van der Waals surface area contributed by atoms with Crippen LogP contribution in [0.25, 0.3) is 0 Å². The van der Waals surface area contributed by atoms with Crippen LogP contribution in [-0.2, 0) is 0 Å². The van der Waals surface area contributed by atoms with E-state index < -0.39 is 6.10 Å². The Kier molecular flexibility index (Phi) is 7.18. The lowest BCUT2D eigenvalue weighted by Gasteiger charge is -2.36. The highest BCUT2D eigenvalue weighted by Gasteiger charge is 2.28. The zero-order valence-corrected chi connectivity index (χ0v) is 16.1. The van der Waals surface area contributed by atoms with Crippen molar-refractivity contribution in [3.05, 3.63) is 22.7 Å². The lowest BCUT2D eigenvalue weighted by atomic mass is 9.93. The first-order valence-electron chi connectivity index (χ1n) is 9.47. The van der Waals surface area contributed by atoms with Gasteiger partial charge in [0.1, 0.15) is 13.2 Å². The second-order valence-electron chi connectivity index (χ2n) is 7.03. The number of β-amino-alcohol motifs (C(OH)–C–C–N with tert-alkyl or cyclic N) is 1. The van der Waals surface area contributed by atoms with E-state index >= 15 is 0 Å². The summed E-state index contributed by atoms with van der Waals surface area (Å²) in [7, 11) is 0. The van der Waals surface area contributed by atoms with Crippen molar-refractivity contribution in [1.82, 2.24) is 10.2 Å². The van der Waals surface area contributed by atoms with E-state index in [1.165, 1.54) is 0 Å². The second-order valence-corrected chi connectivity index (χ2v) is 7.47. The molecular weight excluding hydrogens is 372 g/mol. The topological polar surface area (TPSA) is 91.3 Å². The van der Waals surface area contributed by atoms with Gasteiger partial charge in [-0.15, -0.1) is 0 Å². The minimum Gasteiger partial charge on any atom is -0.486 e. The third kappa shape index (κ3) is 5.25. The first-order valence-corrected chi connectivity index (χ1v) is 9.85. The summed E-state index contributed by atoms with van der Waals surface area (Å²) in [6.07, 6.45) is 2.03. The molecule has 8 heteroatoms. The summed E-state index contributed by atoms with van der Waals surface area (Å²) in [5.74, 6) is 0.629. The Bertz CT molecular complexity index is 657. The largest absolute Gasteiger partial charge is 0.486 e. The Morgan fingerprint density at radius 3 is 2.89 bits per heavy atom. The number of hydrogen-bond acceptors (Lipinski definition) is 6. The molecular formula is C19H27ClN2O5. The lowest BCUT2D eigenvalue weighted by molar-refractivity contribution is 0.0212. The van der Waals surface area contributed by atoms with E-state index in [4.69, 9.17) is 26.2 Å². The number of ether oxygens (including phenoxy) is 2. The Labute approximate surface area is 164 Å². The molecule has 3 rings (SSSR count). The van der Waals surface area contributed by atoms with Gasteiger partial charge in [-0.25, -0.2) is 0 Å². The van der Waals surface area contributed by atoms with Crippen molar-refractivity contribution in [2.24, 2.45) is 5.92 Å². The van der Waals surface area contributed by atoms with Crippen LogP contribution >= 0.6 is 11.6 Å². The molecule has 2 heterocycles. The summed E-state index contributed by atoms with van der Waals surface area (Å²) < 4.78 is 11.1. The summed E-state index contributed by atoms with van der Waals surface area (Å²) in [4.78, 5) is 14.8. The molecule has 0 spiro atoms. The number of fused-ring (bicyclic) bond motifs is 1. The maximum atomic E-state index is 12.6. The van der Waals surface area contributed by atoms with E-state index in [1.807, 2.05) is 0 Å². The number of likely N-dealkylation sites (tertiary alicyclic amines) is 1. The van der Waals surface area contributed by atoms with Crippen molar-refractivity contribution in [3.8, 4) is 11.5 Å². The molecule has 1 aromatic rings. The molecule has 0 bridgehead atoms. The molecule has 2 aliphatic heterocycles. The molecule has 1 fully saturated rings. The van der Waals surface area contributed by atoms with Gasteiger partial charge < -0.3 is 29.9 Å². The predicted molar refractivity (Wildman–Crippen MR) is 102 cm³/mol. The molecule has 3 N–H and O–H groups in total. The van der Waals surface area contributed by atoms with Crippen molar-refractivity contribution in [2.45, 2.75) is 25.4 Å². The summed E-state index contributed by atoms with van der Waals surface area (Å²) in [5.41, 5.74) is 0.355. The van der Waals surface area contributed by atoms with E-state index in [0.29, 0.717) is 48.4 Å². The van der Waals surface area contributed by atoms with Crippen LogP contribution in [-0.4, -0.2) is 73.1 Å². The number of nitrogens with zero attached hydrogens (tertiary/aromatic N) is 1. The van der Waals surface area contributed by atoms with Crippen molar-refractivity contribution in [3.63, 3.8) is 0 Å². The van der Waals surface area contributed by atoms with Gasteiger partial charge in [0.05, 0.1) is 11.7 Å². The van der Waals surface area contributed by atoms with Crippen LogP contribution in [0.3, 0.4) is 0 Å². The molecule has 2 aliphatic rings. The number of amides is 1. The van der Waals surface area contributed by atoms with Crippen LogP contribution in [0.4, 0.5) is 0 Å². The van der Waals surface area contributed by atoms with Gasteiger partial charge in [0.15, 0.2) is 11.5 Å². The monoisotopic (exact) mass is 398 g/mol. The number of unbranched alkanes of at least 4 members (excludes halogenated alkanes) is 1.